The number of hydrogen-bond acceptors (Lipinski definition) is 4. The molecule has 4 nitrogen and oxygen atoms in total. The molecule has 0 fully saturated rings. The molecule has 0 aliphatic heterocycles. The summed E-state index contributed by atoms with van der Waals surface area (Å²) >= 11 is 0. The van der Waals surface area contributed by atoms with Crippen molar-refractivity contribution in [3.8, 4) is 5.75 Å². The second-order valence-corrected chi connectivity index (χ2v) is 4.35. The summed E-state index contributed by atoms with van der Waals surface area (Å²) in [7, 11) is 1.41. The van der Waals surface area contributed by atoms with Gasteiger partial charge in [-0.1, -0.05) is 19.1 Å². The van der Waals surface area contributed by atoms with E-state index in [1.54, 1.807) is 0 Å². The number of rotatable bonds is 9. The zero-order chi connectivity index (χ0) is 13.9. The van der Waals surface area contributed by atoms with Gasteiger partial charge in [0.1, 0.15) is 5.75 Å². The first-order chi connectivity index (χ1) is 9.26. The minimum atomic E-state index is -0.156. The maximum atomic E-state index is 10.9. The average Bonchev–Trinajstić information content (AvgIpc) is 2.45. The fourth-order valence-electron chi connectivity index (χ4n) is 1.66. The van der Waals surface area contributed by atoms with Crippen molar-refractivity contribution in [2.75, 3.05) is 20.3 Å². The van der Waals surface area contributed by atoms with Gasteiger partial charge in [-0.15, -0.1) is 0 Å². The molecule has 0 aliphatic rings. The summed E-state index contributed by atoms with van der Waals surface area (Å²) in [6.45, 7) is 4.42. The number of hydrogen-bond donors (Lipinski definition) is 1. The normalized spacial score (nSPS) is 10.2. The maximum Gasteiger partial charge on any atom is 0.305 e. The third-order valence-corrected chi connectivity index (χ3v) is 2.66. The molecule has 1 aromatic rings. The summed E-state index contributed by atoms with van der Waals surface area (Å²) in [6.07, 6.45) is 2.26. The molecule has 0 heterocycles. The fraction of sp³-hybridized carbons (Fsp3) is 0.533. The van der Waals surface area contributed by atoms with Crippen LogP contribution >= 0.6 is 0 Å². The highest BCUT2D eigenvalue weighted by Crippen LogP contribution is 2.13. The lowest BCUT2D eigenvalue weighted by Crippen LogP contribution is -2.16. The molecule has 19 heavy (non-hydrogen) atoms. The van der Waals surface area contributed by atoms with Crippen LogP contribution < -0.4 is 10.1 Å². The van der Waals surface area contributed by atoms with Gasteiger partial charge in [0.2, 0.25) is 0 Å². The summed E-state index contributed by atoms with van der Waals surface area (Å²) in [6, 6.07) is 8.07. The van der Waals surface area contributed by atoms with E-state index in [9.17, 15) is 4.79 Å². The van der Waals surface area contributed by atoms with E-state index in [4.69, 9.17) is 4.74 Å². The van der Waals surface area contributed by atoms with E-state index in [2.05, 4.69) is 23.0 Å². The minimum Gasteiger partial charge on any atom is -0.494 e. The first kappa shape index (κ1) is 15.5. The smallest absolute Gasteiger partial charge is 0.305 e. The van der Waals surface area contributed by atoms with E-state index >= 15 is 0 Å². The van der Waals surface area contributed by atoms with Crippen molar-refractivity contribution in [2.45, 2.75) is 32.7 Å². The third-order valence-electron chi connectivity index (χ3n) is 2.66. The molecule has 4 heteroatoms. The zero-order valence-corrected chi connectivity index (χ0v) is 11.8. The highest BCUT2D eigenvalue weighted by Gasteiger charge is 2.00. The Balaban J connectivity index is 2.23. The van der Waals surface area contributed by atoms with Crippen molar-refractivity contribution in [3.05, 3.63) is 29.8 Å². The lowest BCUT2D eigenvalue weighted by molar-refractivity contribution is -0.140. The van der Waals surface area contributed by atoms with Crippen LogP contribution in [0, 0.1) is 0 Å². The Morgan fingerprint density at radius 2 is 2.21 bits per heavy atom. The first-order valence-corrected chi connectivity index (χ1v) is 6.75. The van der Waals surface area contributed by atoms with Crippen LogP contribution in [0.3, 0.4) is 0 Å². The summed E-state index contributed by atoms with van der Waals surface area (Å²) in [5.74, 6) is 0.757. The number of benzene rings is 1. The number of ether oxygens (including phenoxy) is 2. The molecular weight excluding hydrogens is 242 g/mol. The molecule has 0 bridgehead atoms. The Morgan fingerprint density at radius 1 is 1.37 bits per heavy atom. The summed E-state index contributed by atoms with van der Waals surface area (Å²) < 4.78 is 10.2. The van der Waals surface area contributed by atoms with Crippen LogP contribution in [0.25, 0.3) is 0 Å². The highest BCUT2D eigenvalue weighted by molar-refractivity contribution is 5.69. The Bertz CT molecular complexity index is 379. The predicted octanol–water partition coefficient (Wildman–Crippen LogP) is 2.52. The minimum absolute atomic E-state index is 0.156. The van der Waals surface area contributed by atoms with Gasteiger partial charge in [0.05, 0.1) is 13.7 Å². The quantitative estimate of drug-likeness (QED) is 0.550. The summed E-state index contributed by atoms with van der Waals surface area (Å²) in [5.41, 5.74) is 1.19. The maximum absolute atomic E-state index is 10.9. The van der Waals surface area contributed by atoms with Crippen LogP contribution in [-0.4, -0.2) is 26.2 Å². The second-order valence-electron chi connectivity index (χ2n) is 4.35. The molecule has 0 radical (unpaired) electrons. The number of carbonyl (C=O) groups excluding carboxylic acids is 1. The molecule has 0 saturated carbocycles. The van der Waals surface area contributed by atoms with Crippen molar-refractivity contribution in [1.82, 2.24) is 5.32 Å². The van der Waals surface area contributed by atoms with Gasteiger partial charge in [-0.05, 0) is 37.1 Å². The van der Waals surface area contributed by atoms with Crippen LogP contribution in [0.1, 0.15) is 31.7 Å². The zero-order valence-electron chi connectivity index (χ0n) is 11.8. The summed E-state index contributed by atoms with van der Waals surface area (Å²) in [5, 5.41) is 3.30. The summed E-state index contributed by atoms with van der Waals surface area (Å²) in [4.78, 5) is 10.9. The van der Waals surface area contributed by atoms with E-state index < -0.39 is 0 Å². The lowest BCUT2D eigenvalue weighted by Gasteiger charge is -2.08. The molecule has 1 aromatic carbocycles. The van der Waals surface area contributed by atoms with Crippen molar-refractivity contribution >= 4 is 5.97 Å². The molecular formula is C15H23NO3. The Labute approximate surface area is 115 Å². The van der Waals surface area contributed by atoms with Crippen molar-refractivity contribution < 1.29 is 14.3 Å². The molecule has 0 aromatic heterocycles. The number of methoxy groups -OCH3 is 1. The van der Waals surface area contributed by atoms with E-state index in [1.165, 1.54) is 12.7 Å². The topological polar surface area (TPSA) is 47.6 Å². The number of carbonyl (C=O) groups is 1. The van der Waals surface area contributed by atoms with Crippen LogP contribution in [0.15, 0.2) is 24.3 Å². The Hall–Kier alpha value is -1.55. The average molecular weight is 265 g/mol. The molecule has 1 rings (SSSR count). The number of esters is 1. The molecule has 0 saturated heterocycles. The molecule has 1 N–H and O–H groups in total. The molecule has 0 aliphatic carbocycles. The largest absolute Gasteiger partial charge is 0.494 e. The van der Waals surface area contributed by atoms with Crippen LogP contribution in [0.4, 0.5) is 0 Å². The highest BCUT2D eigenvalue weighted by atomic mass is 16.5. The van der Waals surface area contributed by atoms with E-state index in [-0.39, 0.29) is 5.97 Å². The van der Waals surface area contributed by atoms with Crippen LogP contribution in [-0.2, 0) is 16.1 Å². The monoisotopic (exact) mass is 265 g/mol. The van der Waals surface area contributed by atoms with Crippen molar-refractivity contribution in [1.29, 1.82) is 0 Å². The van der Waals surface area contributed by atoms with Gasteiger partial charge in [-0.25, -0.2) is 0 Å². The molecule has 0 spiro atoms. The van der Waals surface area contributed by atoms with Gasteiger partial charge >= 0.3 is 5.97 Å². The van der Waals surface area contributed by atoms with Gasteiger partial charge in [0.15, 0.2) is 0 Å². The lowest BCUT2D eigenvalue weighted by atomic mass is 10.2. The van der Waals surface area contributed by atoms with Crippen LogP contribution in [0.2, 0.25) is 0 Å². The van der Waals surface area contributed by atoms with Gasteiger partial charge in [-0.3, -0.25) is 4.79 Å². The molecule has 0 atom stereocenters. The molecule has 0 unspecified atom stereocenters. The van der Waals surface area contributed by atoms with E-state index in [1.807, 2.05) is 18.2 Å². The van der Waals surface area contributed by atoms with Gasteiger partial charge in [-0.2, -0.15) is 0 Å². The molecule has 0 amide bonds. The van der Waals surface area contributed by atoms with Crippen molar-refractivity contribution in [2.24, 2.45) is 0 Å². The Kier molecular flexibility index (Phi) is 7.66. The van der Waals surface area contributed by atoms with E-state index in [0.29, 0.717) is 6.42 Å². The fourth-order valence-corrected chi connectivity index (χ4v) is 1.66. The standard InChI is InChI=1S/C15H23NO3/c1-3-10-19-14-7-4-6-13(11-14)12-16-9-5-8-15(17)18-2/h4,6-7,11,16H,3,5,8-10,12H2,1-2H3. The SMILES string of the molecule is CCCOc1cccc(CNCCCC(=O)OC)c1. The van der Waals surface area contributed by atoms with Gasteiger partial charge in [0.25, 0.3) is 0 Å². The van der Waals surface area contributed by atoms with Gasteiger partial charge < -0.3 is 14.8 Å². The molecule has 106 valence electrons. The third kappa shape index (κ3) is 6.82. The van der Waals surface area contributed by atoms with Crippen molar-refractivity contribution in [3.63, 3.8) is 0 Å². The predicted molar refractivity (Wildman–Crippen MR) is 75.2 cm³/mol. The number of nitrogens with one attached hydrogen (secondary N) is 1. The van der Waals surface area contributed by atoms with Crippen LogP contribution in [0.5, 0.6) is 5.75 Å². The second kappa shape index (κ2) is 9.39. The first-order valence-electron chi connectivity index (χ1n) is 6.75. The van der Waals surface area contributed by atoms with E-state index in [0.717, 1.165) is 38.3 Å². The van der Waals surface area contributed by atoms with Gasteiger partial charge in [0, 0.05) is 13.0 Å². The Morgan fingerprint density at radius 3 is 2.95 bits per heavy atom.